The van der Waals surface area contributed by atoms with E-state index in [-0.39, 0.29) is 22.6 Å². The Morgan fingerprint density at radius 3 is 2.79 bits per heavy atom. The zero-order valence-corrected chi connectivity index (χ0v) is 20.4. The molecule has 0 unspecified atom stereocenters. The van der Waals surface area contributed by atoms with Gasteiger partial charge in [0.15, 0.2) is 10.9 Å². The third kappa shape index (κ3) is 4.64. The van der Waals surface area contributed by atoms with Crippen LogP contribution in [0, 0.1) is 17.8 Å². The number of carbonyl (C=O) groups is 1. The second kappa shape index (κ2) is 9.20. The van der Waals surface area contributed by atoms with Crippen molar-refractivity contribution in [2.24, 2.45) is 22.9 Å². The van der Waals surface area contributed by atoms with Gasteiger partial charge in [0, 0.05) is 11.7 Å². The number of fused-ring (bicyclic) bond motifs is 2. The molecule has 180 valence electrons. The first-order valence-corrected chi connectivity index (χ1v) is 13.9. The molecule has 1 amide bonds. The molecule has 34 heavy (non-hydrogen) atoms. The maximum absolute atomic E-state index is 12.6. The van der Waals surface area contributed by atoms with Crippen LogP contribution in [0.4, 0.5) is 5.69 Å². The highest BCUT2D eigenvalue weighted by molar-refractivity contribution is 7.99. The number of hydrogen-bond donors (Lipinski definition) is 2. The van der Waals surface area contributed by atoms with Gasteiger partial charge in [-0.1, -0.05) is 24.2 Å². The molecule has 3 N–H and O–H groups in total. The Labute approximate surface area is 202 Å². The normalized spacial score (nSPS) is 22.7. The van der Waals surface area contributed by atoms with Crippen molar-refractivity contribution in [1.29, 1.82) is 0 Å². The molecule has 0 spiro atoms. The zero-order valence-electron chi connectivity index (χ0n) is 18.8. The largest absolute Gasteiger partial charge is 0.461 e. The number of anilines is 1. The first-order chi connectivity index (χ1) is 16.3. The van der Waals surface area contributed by atoms with E-state index >= 15 is 0 Å². The fourth-order valence-electron chi connectivity index (χ4n) is 5.47. The number of sulfonamides is 1. The Bertz CT molecular complexity index is 1290. The van der Waals surface area contributed by atoms with E-state index in [0.717, 1.165) is 11.8 Å². The van der Waals surface area contributed by atoms with E-state index in [1.807, 2.05) is 12.1 Å². The van der Waals surface area contributed by atoms with Crippen LogP contribution in [0.1, 0.15) is 38.6 Å². The molecule has 2 heterocycles. The van der Waals surface area contributed by atoms with Crippen molar-refractivity contribution in [2.45, 2.75) is 48.7 Å². The van der Waals surface area contributed by atoms with Gasteiger partial charge in [-0.15, -0.1) is 10.2 Å². The molecule has 2 aromatic heterocycles. The predicted molar refractivity (Wildman–Crippen MR) is 129 cm³/mol. The summed E-state index contributed by atoms with van der Waals surface area (Å²) in [6.45, 7) is 2.21. The van der Waals surface area contributed by atoms with Crippen LogP contribution >= 0.6 is 11.8 Å². The minimum Gasteiger partial charge on any atom is -0.461 e. The summed E-state index contributed by atoms with van der Waals surface area (Å²) in [7, 11) is -3.85. The number of aromatic nitrogens is 3. The average molecular weight is 502 g/mol. The number of thioether (sulfide) groups is 1. The molecule has 2 aliphatic rings. The van der Waals surface area contributed by atoms with Crippen LogP contribution in [-0.2, 0) is 14.8 Å². The summed E-state index contributed by atoms with van der Waals surface area (Å²) < 4.78 is 30.9. The molecule has 3 aromatic rings. The van der Waals surface area contributed by atoms with Gasteiger partial charge in [0.2, 0.25) is 21.8 Å². The smallest absolute Gasteiger partial charge is 0.238 e. The quantitative estimate of drug-likeness (QED) is 0.447. The van der Waals surface area contributed by atoms with E-state index in [0.29, 0.717) is 28.3 Å². The molecule has 2 saturated carbocycles. The molecule has 2 aliphatic carbocycles. The van der Waals surface area contributed by atoms with Crippen molar-refractivity contribution in [2.75, 3.05) is 11.1 Å². The minimum absolute atomic E-state index is 0.0551. The van der Waals surface area contributed by atoms with E-state index in [9.17, 15) is 13.2 Å². The van der Waals surface area contributed by atoms with Gasteiger partial charge in [-0.3, -0.25) is 9.36 Å². The monoisotopic (exact) mass is 501 g/mol. The topological polar surface area (TPSA) is 133 Å². The first kappa shape index (κ1) is 23.1. The van der Waals surface area contributed by atoms with Gasteiger partial charge in [-0.25, -0.2) is 13.6 Å². The van der Waals surface area contributed by atoms with Crippen molar-refractivity contribution in [3.05, 3.63) is 42.7 Å². The van der Waals surface area contributed by atoms with Crippen molar-refractivity contribution in [1.82, 2.24) is 14.8 Å². The number of carbonyl (C=O) groups excluding carboxylic acids is 1. The molecule has 5 rings (SSSR count). The van der Waals surface area contributed by atoms with Crippen molar-refractivity contribution >= 4 is 33.4 Å². The number of primary sulfonamides is 1. The molecule has 0 aliphatic heterocycles. The summed E-state index contributed by atoms with van der Waals surface area (Å²) in [6.07, 6.45) is 6.74. The number of hydrogen-bond acceptors (Lipinski definition) is 7. The maximum atomic E-state index is 12.6. The van der Waals surface area contributed by atoms with Crippen LogP contribution in [-0.4, -0.2) is 34.8 Å². The lowest BCUT2D eigenvalue weighted by atomic mass is 9.84. The van der Waals surface area contributed by atoms with Gasteiger partial charge < -0.3 is 9.73 Å². The van der Waals surface area contributed by atoms with Gasteiger partial charge in [-0.2, -0.15) is 0 Å². The number of amides is 1. The summed E-state index contributed by atoms with van der Waals surface area (Å²) in [6, 6.07) is 9.75. The third-order valence-electron chi connectivity index (χ3n) is 7.00. The molecular weight excluding hydrogens is 474 g/mol. The van der Waals surface area contributed by atoms with Crippen molar-refractivity contribution < 1.29 is 17.6 Å². The van der Waals surface area contributed by atoms with Crippen LogP contribution in [0.15, 0.2) is 57.1 Å². The number of nitrogens with two attached hydrogens (primary N) is 1. The van der Waals surface area contributed by atoms with Crippen LogP contribution < -0.4 is 10.5 Å². The highest BCUT2D eigenvalue weighted by Crippen LogP contribution is 2.53. The second-order valence-corrected chi connectivity index (χ2v) is 11.6. The molecule has 2 bridgehead atoms. The first-order valence-electron chi connectivity index (χ1n) is 11.3. The maximum Gasteiger partial charge on any atom is 0.238 e. The van der Waals surface area contributed by atoms with Crippen LogP contribution in [0.3, 0.4) is 0 Å². The minimum atomic E-state index is -3.85. The lowest BCUT2D eigenvalue weighted by Gasteiger charge is -2.30. The molecule has 11 heteroatoms. The van der Waals surface area contributed by atoms with E-state index in [1.165, 1.54) is 55.6 Å². The number of nitrogens with one attached hydrogen (secondary N) is 1. The standard InChI is InChI=1S/C23H27N5O4S2/c1-14(19-11-15-7-8-16(19)10-15)28-22(20-6-3-9-32-20)26-27-23(28)33-13-21(29)25-17-4-2-5-18(12-17)34(24,30)31/h2-6,9,12,14-16,19H,7-8,10-11,13H2,1H3,(H,25,29)(H2,24,30,31)/t14-,15+,16+,19-/m0/s1. The fraction of sp³-hybridized carbons (Fsp3) is 0.435. The Morgan fingerprint density at radius 1 is 1.26 bits per heavy atom. The molecule has 0 saturated heterocycles. The lowest BCUT2D eigenvalue weighted by Crippen LogP contribution is -2.23. The molecule has 2 fully saturated rings. The predicted octanol–water partition coefficient (Wildman–Crippen LogP) is 3.91. The molecule has 4 atom stereocenters. The Kier molecular flexibility index (Phi) is 6.26. The Hall–Kier alpha value is -2.63. The van der Waals surface area contributed by atoms with Crippen LogP contribution in [0.2, 0.25) is 0 Å². The number of rotatable bonds is 8. The summed E-state index contributed by atoms with van der Waals surface area (Å²) >= 11 is 1.30. The zero-order chi connectivity index (χ0) is 23.9. The van der Waals surface area contributed by atoms with Gasteiger partial charge in [-0.05, 0) is 74.3 Å². The van der Waals surface area contributed by atoms with Gasteiger partial charge in [0.1, 0.15) is 0 Å². The summed E-state index contributed by atoms with van der Waals surface area (Å²) in [5.74, 6) is 3.23. The highest BCUT2D eigenvalue weighted by atomic mass is 32.2. The molecule has 0 radical (unpaired) electrons. The van der Waals surface area contributed by atoms with Gasteiger partial charge >= 0.3 is 0 Å². The van der Waals surface area contributed by atoms with E-state index in [4.69, 9.17) is 9.56 Å². The Balaban J connectivity index is 1.33. The summed E-state index contributed by atoms with van der Waals surface area (Å²) in [4.78, 5) is 12.6. The third-order valence-corrected chi connectivity index (χ3v) is 8.86. The SMILES string of the molecule is C[C@@H]([C@@H]1C[C@@H]2CC[C@@H]1C2)n1c(SCC(=O)Nc2cccc(S(N)(=O)=O)c2)nnc1-c1ccco1. The number of nitrogens with zero attached hydrogens (tertiary/aromatic N) is 3. The highest BCUT2D eigenvalue weighted by Gasteiger charge is 2.43. The Morgan fingerprint density at radius 2 is 2.12 bits per heavy atom. The van der Waals surface area contributed by atoms with Crippen molar-refractivity contribution in [3.63, 3.8) is 0 Å². The van der Waals surface area contributed by atoms with E-state index in [2.05, 4.69) is 27.0 Å². The number of furan rings is 1. The lowest BCUT2D eigenvalue weighted by molar-refractivity contribution is -0.113. The summed E-state index contributed by atoms with van der Waals surface area (Å²) in [5, 5.41) is 17.4. The van der Waals surface area contributed by atoms with Crippen LogP contribution in [0.25, 0.3) is 11.6 Å². The van der Waals surface area contributed by atoms with Crippen LogP contribution in [0.5, 0.6) is 0 Å². The van der Waals surface area contributed by atoms with Crippen molar-refractivity contribution in [3.8, 4) is 11.6 Å². The average Bonchev–Trinajstić information content (AvgIpc) is 3.60. The van der Waals surface area contributed by atoms with Gasteiger partial charge in [0.25, 0.3) is 0 Å². The van der Waals surface area contributed by atoms with E-state index in [1.54, 1.807) is 12.3 Å². The fourth-order valence-corrected chi connectivity index (χ4v) is 6.85. The molecular formula is C23H27N5O4S2. The van der Waals surface area contributed by atoms with E-state index < -0.39 is 10.0 Å². The van der Waals surface area contributed by atoms with Gasteiger partial charge in [0.05, 0.1) is 16.9 Å². The second-order valence-electron chi connectivity index (χ2n) is 9.14. The summed E-state index contributed by atoms with van der Waals surface area (Å²) in [5.41, 5.74) is 0.366. The molecule has 9 nitrogen and oxygen atoms in total. The number of benzene rings is 1. The molecule has 1 aromatic carbocycles.